The summed E-state index contributed by atoms with van der Waals surface area (Å²) in [6.45, 7) is 16.5. The van der Waals surface area contributed by atoms with E-state index < -0.39 is 20.2 Å². The third-order valence-corrected chi connectivity index (χ3v) is 13.2. The predicted molar refractivity (Wildman–Crippen MR) is 244 cm³/mol. The molecule has 2 saturated heterocycles. The molecular formula is C50H50Ag2N4O6S2. The molecule has 6 aromatic carbocycles. The molecule has 2 atom stereocenters. The van der Waals surface area contributed by atoms with Gasteiger partial charge in [0.25, 0.3) is 0 Å². The van der Waals surface area contributed by atoms with Crippen molar-refractivity contribution in [2.24, 2.45) is 0 Å². The van der Waals surface area contributed by atoms with E-state index in [0.29, 0.717) is 24.5 Å². The summed E-state index contributed by atoms with van der Waals surface area (Å²) in [4.78, 5) is 7.28. The molecule has 0 unspecified atom stereocenters. The van der Waals surface area contributed by atoms with Crippen molar-refractivity contribution in [3.63, 3.8) is 0 Å². The van der Waals surface area contributed by atoms with E-state index in [2.05, 4.69) is 87.2 Å². The molecule has 0 spiro atoms. The van der Waals surface area contributed by atoms with E-state index in [1.807, 2.05) is 60.7 Å². The second kappa shape index (κ2) is 22.3. The van der Waals surface area contributed by atoms with Crippen molar-refractivity contribution < 1.29 is 70.7 Å². The Bertz CT molecular complexity index is 2480. The third kappa shape index (κ3) is 11.1. The SMILES string of the molecule is CCc1cccc(CC)c1N1[C]N(c2ccccc2S(=O)(=O)[O-])[C@H](c2ccccc2)C1.CCc1cccc(CC)c1N1[C]N(c2ccccc2S(=O)(=O)[O-])[C@H](c2ccccc2)C1.[Ag+].[Ag+]. The van der Waals surface area contributed by atoms with Crippen LogP contribution >= 0.6 is 0 Å². The Kier molecular flexibility index (Phi) is 17.7. The molecule has 4 radical (unpaired) electrons. The van der Waals surface area contributed by atoms with Gasteiger partial charge in [-0.2, -0.15) is 0 Å². The normalized spacial score (nSPS) is 16.2. The van der Waals surface area contributed by atoms with Gasteiger partial charge in [-0.15, -0.1) is 0 Å². The van der Waals surface area contributed by atoms with Crippen molar-refractivity contribution in [3.05, 3.63) is 192 Å². The van der Waals surface area contributed by atoms with Gasteiger partial charge < -0.3 is 28.7 Å². The van der Waals surface area contributed by atoms with Gasteiger partial charge in [0.15, 0.2) is 0 Å². The number of aryl methyl sites for hydroxylation is 4. The van der Waals surface area contributed by atoms with Crippen LogP contribution in [-0.4, -0.2) is 39.0 Å². The zero-order valence-electron chi connectivity index (χ0n) is 35.9. The summed E-state index contributed by atoms with van der Waals surface area (Å²) in [5, 5.41) is 0. The minimum absolute atomic E-state index is 0. The van der Waals surface area contributed by atoms with Gasteiger partial charge in [0.1, 0.15) is 20.2 Å². The monoisotopic (exact) mass is 1080 g/mol. The molecule has 6 aromatic rings. The van der Waals surface area contributed by atoms with Gasteiger partial charge in [0, 0.05) is 24.5 Å². The fourth-order valence-electron chi connectivity index (χ4n) is 8.43. The summed E-state index contributed by atoms with van der Waals surface area (Å²) in [7, 11) is -9.27. The van der Waals surface area contributed by atoms with Gasteiger partial charge in [0.2, 0.25) is 13.3 Å². The first-order chi connectivity index (χ1) is 29.9. The van der Waals surface area contributed by atoms with Gasteiger partial charge in [-0.1, -0.05) is 149 Å². The van der Waals surface area contributed by atoms with Gasteiger partial charge in [-0.25, -0.2) is 16.8 Å². The Balaban J connectivity index is 0.000000234. The predicted octanol–water partition coefficient (Wildman–Crippen LogP) is 9.55. The zero-order valence-corrected chi connectivity index (χ0v) is 40.5. The van der Waals surface area contributed by atoms with Gasteiger partial charge in [0.05, 0.1) is 33.2 Å². The van der Waals surface area contributed by atoms with Crippen molar-refractivity contribution in [2.45, 2.75) is 75.3 Å². The molecule has 2 aliphatic heterocycles. The van der Waals surface area contributed by atoms with Crippen LogP contribution in [0.5, 0.6) is 0 Å². The average Bonchev–Trinajstić information content (AvgIpc) is 3.94. The summed E-state index contributed by atoms with van der Waals surface area (Å²) < 4.78 is 71.9. The minimum Gasteiger partial charge on any atom is -0.744 e. The molecule has 0 amide bonds. The molecule has 0 N–H and O–H groups in total. The topological polar surface area (TPSA) is 127 Å². The van der Waals surface area contributed by atoms with E-state index in [9.17, 15) is 25.9 Å². The van der Waals surface area contributed by atoms with Crippen molar-refractivity contribution in [3.8, 4) is 0 Å². The summed E-state index contributed by atoms with van der Waals surface area (Å²) in [5.74, 6) is 0. The first kappa shape index (κ1) is 50.8. The molecule has 8 rings (SSSR count). The van der Waals surface area contributed by atoms with Crippen LogP contribution in [0.25, 0.3) is 0 Å². The van der Waals surface area contributed by atoms with Crippen molar-refractivity contribution in [2.75, 3.05) is 32.7 Å². The molecule has 0 saturated carbocycles. The maximum Gasteiger partial charge on any atom is 1.00 e. The summed E-state index contributed by atoms with van der Waals surface area (Å²) in [6.07, 6.45) is 3.51. The van der Waals surface area contributed by atoms with Crippen LogP contribution in [0, 0.1) is 13.3 Å². The number of hydrogen-bond donors (Lipinski definition) is 0. The van der Waals surface area contributed by atoms with Crippen molar-refractivity contribution in [1.29, 1.82) is 0 Å². The first-order valence-corrected chi connectivity index (χ1v) is 23.8. The maximum absolute atomic E-state index is 12.0. The van der Waals surface area contributed by atoms with Crippen LogP contribution in [0.4, 0.5) is 22.7 Å². The van der Waals surface area contributed by atoms with Crippen LogP contribution in [0.15, 0.2) is 155 Å². The second-order valence-electron chi connectivity index (χ2n) is 15.1. The number of anilines is 4. The molecule has 2 heterocycles. The fourth-order valence-corrected chi connectivity index (χ4v) is 9.77. The van der Waals surface area contributed by atoms with E-state index in [-0.39, 0.29) is 66.6 Å². The molecule has 0 aromatic heterocycles. The van der Waals surface area contributed by atoms with E-state index >= 15 is 0 Å². The van der Waals surface area contributed by atoms with Gasteiger partial charge in [-0.05, 0) is 83.3 Å². The Hall–Kier alpha value is -4.18. The fraction of sp³-hybridized carbons (Fsp3) is 0.240. The Morgan fingerprint density at radius 3 is 1.05 bits per heavy atom. The van der Waals surface area contributed by atoms with Gasteiger partial charge in [-0.3, -0.25) is 0 Å². The molecule has 2 aliphatic rings. The standard InChI is InChI=1S/2C25H26N2O3S.2Ag/c2*1-3-19-13-10-14-20(4-2)25(19)26-17-23(21-11-6-5-7-12-21)27(18-26)22-15-8-9-16-24(22)31(28,29)30;;/h2*5-16,23H,3-4,17H2,1-2H3,(H,28,29,30);;/q;;2*+1/p-2/t2*23-;;/m00../s1. The van der Waals surface area contributed by atoms with Crippen LogP contribution in [0.2, 0.25) is 0 Å². The molecule has 0 aliphatic carbocycles. The molecular weight excluding hydrogens is 1030 g/mol. The molecule has 64 heavy (non-hydrogen) atoms. The van der Waals surface area contributed by atoms with Crippen LogP contribution in [0.1, 0.15) is 73.2 Å². The summed E-state index contributed by atoms with van der Waals surface area (Å²) >= 11 is 0. The molecule has 0 bridgehead atoms. The quantitative estimate of drug-likeness (QED) is 0.0864. The molecule has 14 heteroatoms. The molecule has 10 nitrogen and oxygen atoms in total. The van der Waals surface area contributed by atoms with Crippen LogP contribution in [0.3, 0.4) is 0 Å². The molecule has 340 valence electrons. The minimum atomic E-state index is -4.63. The Morgan fingerprint density at radius 1 is 0.453 bits per heavy atom. The molecule has 2 fully saturated rings. The largest absolute Gasteiger partial charge is 1.00 e. The van der Waals surface area contributed by atoms with Crippen LogP contribution in [-0.2, 0) is 90.7 Å². The van der Waals surface area contributed by atoms with Crippen molar-refractivity contribution in [1.82, 2.24) is 0 Å². The summed E-state index contributed by atoms with van der Waals surface area (Å²) in [5.41, 5.74) is 9.83. The maximum atomic E-state index is 12.0. The van der Waals surface area contributed by atoms with E-state index in [1.165, 1.54) is 34.4 Å². The van der Waals surface area contributed by atoms with E-state index in [1.54, 1.807) is 46.2 Å². The van der Waals surface area contributed by atoms with Gasteiger partial charge >= 0.3 is 44.8 Å². The summed E-state index contributed by atoms with van der Waals surface area (Å²) in [6, 6.07) is 44.8. The number of rotatable bonds is 12. The number of hydrogen-bond acceptors (Lipinski definition) is 10. The number of nitrogens with zero attached hydrogens (tertiary/aromatic N) is 4. The third-order valence-electron chi connectivity index (χ3n) is 11.4. The van der Waals surface area contributed by atoms with E-state index in [0.717, 1.165) is 48.2 Å². The smallest absolute Gasteiger partial charge is 0.744 e. The van der Waals surface area contributed by atoms with Crippen LogP contribution < -0.4 is 19.6 Å². The number of benzene rings is 6. The number of para-hydroxylation sites is 4. The Morgan fingerprint density at radius 2 is 0.750 bits per heavy atom. The Labute approximate surface area is 410 Å². The average molecular weight is 1080 g/mol. The zero-order chi connectivity index (χ0) is 44.0. The van der Waals surface area contributed by atoms with Crippen molar-refractivity contribution >= 4 is 43.0 Å². The first-order valence-electron chi connectivity index (χ1n) is 20.9. The van der Waals surface area contributed by atoms with E-state index in [4.69, 9.17) is 0 Å². The second-order valence-corrected chi connectivity index (χ2v) is 17.8.